The predicted octanol–water partition coefficient (Wildman–Crippen LogP) is 14.4. The van der Waals surface area contributed by atoms with Gasteiger partial charge in [-0.3, -0.25) is 0 Å². The molecule has 0 aliphatic carbocycles. The topological polar surface area (TPSA) is 0 Å². The van der Waals surface area contributed by atoms with Gasteiger partial charge in [-0.05, 0) is 38.5 Å². The third kappa shape index (κ3) is 32.7. The van der Waals surface area contributed by atoms with E-state index in [2.05, 4.69) is 27.8 Å². The fourth-order valence-corrected chi connectivity index (χ4v) is 6.81. The minimum atomic E-state index is 1.37. The first-order valence-electron chi connectivity index (χ1n) is 20.0. The van der Waals surface area contributed by atoms with Gasteiger partial charge in [0.05, 0.1) is 26.7 Å². The summed E-state index contributed by atoms with van der Waals surface area (Å²) in [5.74, 6) is 0. The molecular weight excluding hydrogens is 494 g/mol. The van der Waals surface area contributed by atoms with Gasteiger partial charge in [0.1, 0.15) is 0 Å². The first-order chi connectivity index (χ1) is 20.2. The normalized spacial score (nSPS) is 12.0. The van der Waals surface area contributed by atoms with E-state index in [0.717, 1.165) is 0 Å². The van der Waals surface area contributed by atoms with Crippen molar-refractivity contribution in [3.8, 4) is 0 Å². The van der Waals surface area contributed by atoms with E-state index in [9.17, 15) is 0 Å². The second-order valence-electron chi connectivity index (χ2n) is 14.4. The van der Waals surface area contributed by atoms with Gasteiger partial charge in [0.2, 0.25) is 0 Å². The summed E-state index contributed by atoms with van der Waals surface area (Å²) in [5.41, 5.74) is 0. The lowest BCUT2D eigenvalue weighted by atomic mass is 10.0. The Hall–Kier alpha value is -0.0400. The van der Waals surface area contributed by atoms with Crippen LogP contribution >= 0.6 is 0 Å². The molecule has 248 valence electrons. The molecule has 0 spiro atoms. The van der Waals surface area contributed by atoms with Crippen molar-refractivity contribution in [3.63, 3.8) is 0 Å². The lowest BCUT2D eigenvalue weighted by Gasteiger charge is -2.35. The van der Waals surface area contributed by atoms with Crippen LogP contribution in [0.15, 0.2) is 0 Å². The van der Waals surface area contributed by atoms with E-state index in [1.54, 1.807) is 0 Å². The maximum atomic E-state index is 2.61. The quantitative estimate of drug-likeness (QED) is 0.0512. The fourth-order valence-electron chi connectivity index (χ4n) is 6.81. The minimum Gasteiger partial charge on any atom is -0.326 e. The molecule has 0 saturated carbocycles. The predicted molar refractivity (Wildman–Crippen MR) is 190 cm³/mol. The lowest BCUT2D eigenvalue weighted by Crippen LogP contribution is -2.46. The molecule has 0 saturated heterocycles. The standard InChI is InChI=1S/C40H84N/c1-5-8-11-14-17-20-23-26-29-32-35-38-41(4,39-36-33-30-27-24-21-18-15-12-9-6-2)40-37-34-31-28-25-22-19-16-13-10-7-3/h5-40H2,1-4H3/q+1. The molecule has 0 heterocycles. The number of rotatable bonds is 36. The van der Waals surface area contributed by atoms with Gasteiger partial charge in [0.25, 0.3) is 0 Å². The van der Waals surface area contributed by atoms with Crippen molar-refractivity contribution in [1.29, 1.82) is 0 Å². The highest BCUT2D eigenvalue weighted by molar-refractivity contribution is 4.53. The average Bonchev–Trinajstić information content (AvgIpc) is 2.97. The third-order valence-corrected chi connectivity index (χ3v) is 9.90. The van der Waals surface area contributed by atoms with Crippen LogP contribution in [0, 0.1) is 0 Å². The van der Waals surface area contributed by atoms with Gasteiger partial charge >= 0.3 is 0 Å². The molecule has 41 heavy (non-hydrogen) atoms. The molecule has 0 bridgehead atoms. The highest BCUT2D eigenvalue weighted by Gasteiger charge is 2.20. The Balaban J connectivity index is 4.06. The van der Waals surface area contributed by atoms with Crippen LogP contribution in [-0.2, 0) is 0 Å². The molecular formula is C40H84N+. The van der Waals surface area contributed by atoms with Crippen molar-refractivity contribution < 1.29 is 4.48 Å². The highest BCUT2D eigenvalue weighted by Crippen LogP contribution is 2.18. The van der Waals surface area contributed by atoms with Crippen molar-refractivity contribution in [1.82, 2.24) is 0 Å². The van der Waals surface area contributed by atoms with Crippen LogP contribution in [0.5, 0.6) is 0 Å². The molecule has 0 aromatic rings. The Kier molecular flexibility index (Phi) is 34.4. The van der Waals surface area contributed by atoms with E-state index in [-0.39, 0.29) is 0 Å². The Labute approximate surface area is 263 Å². The number of hydrogen-bond acceptors (Lipinski definition) is 0. The molecule has 0 aromatic heterocycles. The molecule has 0 aliphatic heterocycles. The van der Waals surface area contributed by atoms with Crippen LogP contribution in [0.2, 0.25) is 0 Å². The summed E-state index contributed by atoms with van der Waals surface area (Å²) in [7, 11) is 2.61. The summed E-state index contributed by atoms with van der Waals surface area (Å²) >= 11 is 0. The Morgan fingerprint density at radius 2 is 0.366 bits per heavy atom. The zero-order valence-electron chi connectivity index (χ0n) is 29.9. The molecule has 1 heteroatoms. The Bertz CT molecular complexity index is 393. The van der Waals surface area contributed by atoms with Crippen LogP contribution in [0.4, 0.5) is 0 Å². The van der Waals surface area contributed by atoms with Crippen molar-refractivity contribution in [2.24, 2.45) is 0 Å². The summed E-state index contributed by atoms with van der Waals surface area (Å²) in [6, 6.07) is 0. The Morgan fingerprint density at radius 3 is 0.537 bits per heavy atom. The second kappa shape index (κ2) is 34.5. The summed E-state index contributed by atoms with van der Waals surface area (Å²) in [5, 5.41) is 0. The van der Waals surface area contributed by atoms with E-state index >= 15 is 0 Å². The van der Waals surface area contributed by atoms with Gasteiger partial charge in [0, 0.05) is 0 Å². The van der Waals surface area contributed by atoms with Gasteiger partial charge in [-0.1, -0.05) is 194 Å². The van der Waals surface area contributed by atoms with E-state index in [0.29, 0.717) is 0 Å². The summed E-state index contributed by atoms with van der Waals surface area (Å²) in [4.78, 5) is 0. The minimum absolute atomic E-state index is 1.37. The van der Waals surface area contributed by atoms with Gasteiger partial charge in [-0.2, -0.15) is 0 Å². The van der Waals surface area contributed by atoms with Crippen LogP contribution in [-0.4, -0.2) is 31.2 Å². The lowest BCUT2D eigenvalue weighted by molar-refractivity contribution is -0.910. The Morgan fingerprint density at radius 1 is 0.220 bits per heavy atom. The summed E-state index contributed by atoms with van der Waals surface area (Å²) in [6.07, 6.45) is 48.2. The molecule has 0 fully saturated rings. The van der Waals surface area contributed by atoms with E-state index in [4.69, 9.17) is 0 Å². The van der Waals surface area contributed by atoms with Gasteiger partial charge in [-0.15, -0.1) is 0 Å². The first kappa shape index (κ1) is 41.0. The molecule has 0 unspecified atom stereocenters. The van der Waals surface area contributed by atoms with E-state index < -0.39 is 0 Å². The van der Waals surface area contributed by atoms with Gasteiger partial charge in [-0.25, -0.2) is 0 Å². The van der Waals surface area contributed by atoms with Crippen molar-refractivity contribution in [3.05, 3.63) is 0 Å². The van der Waals surface area contributed by atoms with Gasteiger partial charge < -0.3 is 4.48 Å². The largest absolute Gasteiger partial charge is 0.326 e. The fraction of sp³-hybridized carbons (Fsp3) is 1.00. The number of hydrogen-bond donors (Lipinski definition) is 0. The van der Waals surface area contributed by atoms with Crippen molar-refractivity contribution in [2.75, 3.05) is 26.7 Å². The molecule has 0 radical (unpaired) electrons. The maximum Gasteiger partial charge on any atom is 0.0784 e. The number of nitrogens with zero attached hydrogens (tertiary/aromatic N) is 1. The van der Waals surface area contributed by atoms with Gasteiger partial charge in [0.15, 0.2) is 0 Å². The van der Waals surface area contributed by atoms with Crippen molar-refractivity contribution in [2.45, 2.75) is 233 Å². The first-order valence-corrected chi connectivity index (χ1v) is 20.0. The second-order valence-corrected chi connectivity index (χ2v) is 14.4. The maximum absolute atomic E-state index is 2.61. The average molecular weight is 579 g/mol. The van der Waals surface area contributed by atoms with E-state index in [1.165, 1.54) is 236 Å². The zero-order valence-corrected chi connectivity index (χ0v) is 29.9. The number of unbranched alkanes of at least 4 members (excludes halogenated alkanes) is 30. The monoisotopic (exact) mass is 579 g/mol. The summed E-state index contributed by atoms with van der Waals surface area (Å²) in [6.45, 7) is 11.3. The molecule has 0 amide bonds. The zero-order chi connectivity index (χ0) is 30.0. The van der Waals surface area contributed by atoms with Crippen molar-refractivity contribution >= 4 is 0 Å². The smallest absolute Gasteiger partial charge is 0.0784 e. The number of quaternary nitrogens is 1. The molecule has 0 rings (SSSR count). The highest BCUT2D eigenvalue weighted by atomic mass is 15.3. The van der Waals surface area contributed by atoms with Crippen LogP contribution in [0.1, 0.15) is 233 Å². The van der Waals surface area contributed by atoms with E-state index in [1.807, 2.05) is 0 Å². The molecule has 1 nitrogen and oxygen atoms in total. The molecule has 0 N–H and O–H groups in total. The summed E-state index contributed by atoms with van der Waals surface area (Å²) < 4.78 is 1.37. The molecule has 0 aromatic carbocycles. The van der Waals surface area contributed by atoms with Crippen LogP contribution in [0.25, 0.3) is 0 Å². The van der Waals surface area contributed by atoms with Crippen LogP contribution in [0.3, 0.4) is 0 Å². The molecule has 0 aliphatic rings. The third-order valence-electron chi connectivity index (χ3n) is 9.90. The van der Waals surface area contributed by atoms with Crippen LogP contribution < -0.4 is 0 Å². The SMILES string of the molecule is CCCCCCCCCCCCC[N+](C)(CCCCCCCCCCCCC)CCCCCCCCCCCCC. The molecule has 0 atom stereocenters.